The molecule has 1 aromatic rings. The van der Waals surface area contributed by atoms with Crippen LogP contribution >= 0.6 is 0 Å². The molecule has 27 heavy (non-hydrogen) atoms. The maximum Gasteiger partial charge on any atom is 0.237 e. The number of imidazole rings is 1. The molecule has 1 N–H and O–H groups in total. The van der Waals surface area contributed by atoms with E-state index in [0.29, 0.717) is 18.5 Å². The van der Waals surface area contributed by atoms with Crippen LogP contribution in [0.1, 0.15) is 68.8 Å². The Morgan fingerprint density at radius 3 is 2.67 bits per heavy atom. The highest BCUT2D eigenvalue weighted by atomic mass is 16.5. The van der Waals surface area contributed by atoms with Crippen LogP contribution in [0.15, 0.2) is 6.20 Å². The molecule has 1 aliphatic carbocycles. The van der Waals surface area contributed by atoms with Crippen molar-refractivity contribution >= 4 is 5.91 Å². The molecule has 3 fully saturated rings. The number of nitrogens with one attached hydrogen (secondary N) is 1. The zero-order valence-corrected chi connectivity index (χ0v) is 16.7. The summed E-state index contributed by atoms with van der Waals surface area (Å²) in [6.07, 6.45) is 11.6. The van der Waals surface area contributed by atoms with Crippen LogP contribution in [0, 0.1) is 6.92 Å². The summed E-state index contributed by atoms with van der Waals surface area (Å²) in [5.41, 5.74) is 1.18. The van der Waals surface area contributed by atoms with Gasteiger partial charge in [0.15, 0.2) is 0 Å². The average Bonchev–Trinajstić information content (AvgIpc) is 3.03. The van der Waals surface area contributed by atoms with E-state index in [4.69, 9.17) is 4.74 Å². The fourth-order valence-electron chi connectivity index (χ4n) is 5.00. The minimum Gasteiger partial charge on any atom is -0.381 e. The van der Waals surface area contributed by atoms with Crippen molar-refractivity contribution in [2.24, 2.45) is 0 Å². The van der Waals surface area contributed by atoms with Gasteiger partial charge in [-0.15, -0.1) is 0 Å². The lowest BCUT2D eigenvalue weighted by molar-refractivity contribution is -0.133. The second-order valence-electron chi connectivity index (χ2n) is 8.42. The van der Waals surface area contributed by atoms with Gasteiger partial charge in [-0.2, -0.15) is 0 Å². The summed E-state index contributed by atoms with van der Waals surface area (Å²) in [5.74, 6) is 1.87. The van der Waals surface area contributed by atoms with E-state index in [1.807, 2.05) is 6.20 Å². The zero-order chi connectivity index (χ0) is 18.6. The van der Waals surface area contributed by atoms with Crippen LogP contribution in [0.4, 0.5) is 0 Å². The summed E-state index contributed by atoms with van der Waals surface area (Å²) in [4.78, 5) is 19.8. The number of hydrogen-bond donors (Lipinski definition) is 1. The van der Waals surface area contributed by atoms with Gasteiger partial charge in [0.05, 0.1) is 6.04 Å². The van der Waals surface area contributed by atoms with Crippen LogP contribution in [0.25, 0.3) is 0 Å². The molecule has 1 saturated carbocycles. The number of carbonyl (C=O) groups is 1. The number of aromatic nitrogens is 2. The Kier molecular flexibility index (Phi) is 6.13. The van der Waals surface area contributed by atoms with E-state index in [1.54, 1.807) is 0 Å². The molecular weight excluding hydrogens is 340 g/mol. The van der Waals surface area contributed by atoms with Gasteiger partial charge in [-0.05, 0) is 39.0 Å². The van der Waals surface area contributed by atoms with Crippen LogP contribution in [0.3, 0.4) is 0 Å². The van der Waals surface area contributed by atoms with Crippen molar-refractivity contribution < 1.29 is 9.53 Å². The smallest absolute Gasteiger partial charge is 0.237 e. The number of hydrogen-bond acceptors (Lipinski definition) is 4. The molecule has 2 saturated heterocycles. The number of rotatable bonds is 6. The van der Waals surface area contributed by atoms with Gasteiger partial charge in [-0.1, -0.05) is 19.3 Å². The van der Waals surface area contributed by atoms with Gasteiger partial charge in [0.2, 0.25) is 5.91 Å². The number of ether oxygens (including phenoxy) is 1. The molecule has 1 atom stereocenters. The third-order valence-corrected chi connectivity index (χ3v) is 6.71. The predicted octanol–water partition coefficient (Wildman–Crippen LogP) is 2.61. The first kappa shape index (κ1) is 18.9. The second kappa shape index (κ2) is 8.74. The van der Waals surface area contributed by atoms with Gasteiger partial charge < -0.3 is 14.6 Å². The molecule has 3 aliphatic rings. The van der Waals surface area contributed by atoms with Crippen molar-refractivity contribution in [1.82, 2.24) is 19.8 Å². The highest BCUT2D eigenvalue weighted by molar-refractivity contribution is 5.82. The Balaban J connectivity index is 1.28. The van der Waals surface area contributed by atoms with Crippen molar-refractivity contribution in [1.29, 1.82) is 0 Å². The van der Waals surface area contributed by atoms with Crippen LogP contribution in [0.5, 0.6) is 0 Å². The monoisotopic (exact) mass is 374 g/mol. The SMILES string of the molecule is Cc1cnc(C2CCOCC2)n1CCNC(=O)C1CCN1C1CCCCC1. The minimum absolute atomic E-state index is 0.104. The lowest BCUT2D eigenvalue weighted by Gasteiger charge is -2.46. The van der Waals surface area contributed by atoms with Gasteiger partial charge in [0, 0.05) is 56.7 Å². The normalized spacial score (nSPS) is 25.3. The average molecular weight is 375 g/mol. The topological polar surface area (TPSA) is 59.4 Å². The van der Waals surface area contributed by atoms with Crippen molar-refractivity contribution in [3.8, 4) is 0 Å². The Morgan fingerprint density at radius 2 is 1.96 bits per heavy atom. The number of amides is 1. The molecule has 1 unspecified atom stereocenters. The van der Waals surface area contributed by atoms with Crippen molar-refractivity contribution in [3.05, 3.63) is 17.7 Å². The van der Waals surface area contributed by atoms with Gasteiger partial charge in [0.25, 0.3) is 0 Å². The molecule has 0 bridgehead atoms. The van der Waals surface area contributed by atoms with Crippen LogP contribution in [-0.2, 0) is 16.1 Å². The third kappa shape index (κ3) is 4.21. The summed E-state index contributed by atoms with van der Waals surface area (Å²) in [7, 11) is 0. The summed E-state index contributed by atoms with van der Waals surface area (Å²) >= 11 is 0. The number of likely N-dealkylation sites (tertiary alicyclic amines) is 1. The van der Waals surface area contributed by atoms with E-state index >= 15 is 0 Å². The fourth-order valence-corrected chi connectivity index (χ4v) is 5.00. The molecule has 3 heterocycles. The predicted molar refractivity (Wildman–Crippen MR) is 105 cm³/mol. The number of nitrogens with zero attached hydrogens (tertiary/aromatic N) is 3. The molecule has 2 aliphatic heterocycles. The van der Waals surface area contributed by atoms with E-state index in [9.17, 15) is 4.79 Å². The fraction of sp³-hybridized carbons (Fsp3) is 0.810. The van der Waals surface area contributed by atoms with Gasteiger partial charge in [-0.3, -0.25) is 9.69 Å². The maximum atomic E-state index is 12.7. The first-order valence-electron chi connectivity index (χ1n) is 10.9. The highest BCUT2D eigenvalue weighted by Gasteiger charge is 2.38. The first-order valence-corrected chi connectivity index (χ1v) is 10.9. The molecule has 4 rings (SSSR count). The largest absolute Gasteiger partial charge is 0.381 e. The minimum atomic E-state index is 0.104. The van der Waals surface area contributed by atoms with Crippen LogP contribution < -0.4 is 5.32 Å². The van der Waals surface area contributed by atoms with Crippen molar-refractivity contribution in [2.45, 2.75) is 82.8 Å². The molecule has 0 spiro atoms. The molecular formula is C21H34N4O2. The molecule has 150 valence electrons. The summed E-state index contributed by atoms with van der Waals surface area (Å²) in [6.45, 7) is 6.34. The molecule has 0 aromatic carbocycles. The molecule has 1 amide bonds. The van der Waals surface area contributed by atoms with Crippen molar-refractivity contribution in [3.63, 3.8) is 0 Å². The standard InChI is InChI=1S/C21H34N4O2/c1-16-15-23-20(17-8-13-27-14-9-17)24(16)12-10-22-21(26)19-7-11-25(19)18-5-3-2-4-6-18/h15,17-19H,2-14H2,1H3,(H,22,26). The van der Waals surface area contributed by atoms with Crippen molar-refractivity contribution in [2.75, 3.05) is 26.3 Å². The van der Waals surface area contributed by atoms with Crippen LogP contribution in [-0.4, -0.2) is 58.7 Å². The quantitative estimate of drug-likeness (QED) is 0.832. The lowest BCUT2D eigenvalue weighted by Crippen LogP contribution is -2.60. The van der Waals surface area contributed by atoms with E-state index in [-0.39, 0.29) is 11.9 Å². The van der Waals surface area contributed by atoms with E-state index in [0.717, 1.165) is 51.4 Å². The third-order valence-electron chi connectivity index (χ3n) is 6.71. The summed E-state index contributed by atoms with van der Waals surface area (Å²) < 4.78 is 7.77. The van der Waals surface area contributed by atoms with E-state index in [1.165, 1.54) is 37.8 Å². The first-order chi connectivity index (χ1) is 13.2. The number of aryl methyl sites for hydroxylation is 1. The summed E-state index contributed by atoms with van der Waals surface area (Å²) in [5, 5.41) is 3.20. The Hall–Kier alpha value is -1.40. The van der Waals surface area contributed by atoms with Gasteiger partial charge >= 0.3 is 0 Å². The Bertz CT molecular complexity index is 632. The van der Waals surface area contributed by atoms with Gasteiger partial charge in [-0.25, -0.2) is 4.98 Å². The summed E-state index contributed by atoms with van der Waals surface area (Å²) in [6, 6.07) is 0.742. The van der Waals surface area contributed by atoms with E-state index in [2.05, 4.69) is 26.7 Å². The van der Waals surface area contributed by atoms with E-state index < -0.39 is 0 Å². The second-order valence-corrected chi connectivity index (χ2v) is 8.42. The zero-order valence-electron chi connectivity index (χ0n) is 16.7. The van der Waals surface area contributed by atoms with Crippen LogP contribution in [0.2, 0.25) is 0 Å². The Labute approximate surface area is 162 Å². The molecule has 0 radical (unpaired) electrons. The molecule has 6 heteroatoms. The highest BCUT2D eigenvalue weighted by Crippen LogP contribution is 2.30. The maximum absolute atomic E-state index is 12.7. The lowest BCUT2D eigenvalue weighted by atomic mass is 9.89. The Morgan fingerprint density at radius 1 is 1.19 bits per heavy atom. The molecule has 1 aromatic heterocycles. The van der Waals surface area contributed by atoms with Gasteiger partial charge in [0.1, 0.15) is 5.82 Å². The molecule has 6 nitrogen and oxygen atoms in total. The number of carbonyl (C=O) groups excluding carboxylic acids is 1.